The second kappa shape index (κ2) is 7.12. The van der Waals surface area contributed by atoms with Crippen molar-refractivity contribution in [3.8, 4) is 16.9 Å². The Labute approximate surface area is 159 Å². The topological polar surface area (TPSA) is 29.5 Å². The Morgan fingerprint density at radius 1 is 0.926 bits per heavy atom. The fraction of sp³-hybridized carbons (Fsp3) is 0.125. The van der Waals surface area contributed by atoms with Gasteiger partial charge in [-0.05, 0) is 40.5 Å². The van der Waals surface area contributed by atoms with Crippen molar-refractivity contribution in [2.75, 3.05) is 12.0 Å². The quantitative estimate of drug-likeness (QED) is 0.616. The molecule has 3 nitrogen and oxygen atoms in total. The number of fused-ring (bicyclic) bond motifs is 2. The second-order valence-corrected chi connectivity index (χ2v) is 6.61. The molecule has 0 saturated carbocycles. The largest absolute Gasteiger partial charge is 0.496 e. The summed E-state index contributed by atoms with van der Waals surface area (Å²) in [5, 5.41) is 0. The van der Waals surface area contributed by atoms with Crippen molar-refractivity contribution < 1.29 is 9.53 Å². The number of nitrogens with zero attached hydrogens (tertiary/aromatic N) is 1. The third-order valence-corrected chi connectivity index (χ3v) is 4.94. The fourth-order valence-electron chi connectivity index (χ4n) is 3.55. The molecular weight excluding hydrogens is 334 g/mol. The van der Waals surface area contributed by atoms with Gasteiger partial charge < -0.3 is 9.64 Å². The molecule has 0 atom stereocenters. The maximum absolute atomic E-state index is 12.4. The van der Waals surface area contributed by atoms with Gasteiger partial charge in [-0.25, -0.2) is 0 Å². The van der Waals surface area contributed by atoms with E-state index in [4.69, 9.17) is 4.74 Å². The fourth-order valence-corrected chi connectivity index (χ4v) is 3.55. The van der Waals surface area contributed by atoms with Gasteiger partial charge in [-0.2, -0.15) is 0 Å². The lowest BCUT2D eigenvalue weighted by atomic mass is 9.96. The van der Waals surface area contributed by atoms with E-state index < -0.39 is 0 Å². The van der Waals surface area contributed by atoms with Crippen molar-refractivity contribution in [1.82, 2.24) is 0 Å². The normalized spacial score (nSPS) is 13.8. The van der Waals surface area contributed by atoms with Crippen LogP contribution in [0.5, 0.6) is 5.75 Å². The predicted molar refractivity (Wildman–Crippen MR) is 111 cm³/mol. The number of hydrogen-bond donors (Lipinski definition) is 0. The number of rotatable bonds is 2. The molecular formula is C24H21NO2. The molecule has 4 rings (SSSR count). The smallest absolute Gasteiger partial charge is 0.224 e. The number of amides is 1. The van der Waals surface area contributed by atoms with Crippen molar-refractivity contribution in [2.45, 2.75) is 13.5 Å². The summed E-state index contributed by atoms with van der Waals surface area (Å²) in [6.45, 7) is 2.15. The average Bonchev–Trinajstić information content (AvgIpc) is 2.69. The Hall–Kier alpha value is -3.33. The van der Waals surface area contributed by atoms with E-state index >= 15 is 0 Å². The summed E-state index contributed by atoms with van der Waals surface area (Å²) >= 11 is 0. The Balaban J connectivity index is 1.84. The molecule has 1 aliphatic rings. The summed E-state index contributed by atoms with van der Waals surface area (Å²) in [4.78, 5) is 14.2. The van der Waals surface area contributed by atoms with E-state index in [2.05, 4.69) is 36.4 Å². The highest BCUT2D eigenvalue weighted by molar-refractivity contribution is 5.95. The van der Waals surface area contributed by atoms with Crippen molar-refractivity contribution in [1.29, 1.82) is 0 Å². The first kappa shape index (κ1) is 17.1. The third-order valence-electron chi connectivity index (χ3n) is 4.94. The third kappa shape index (κ3) is 3.24. The zero-order valence-corrected chi connectivity index (χ0v) is 15.5. The lowest BCUT2D eigenvalue weighted by Gasteiger charge is -2.26. The van der Waals surface area contributed by atoms with Crippen LogP contribution in [0.4, 0.5) is 5.69 Å². The summed E-state index contributed by atoms with van der Waals surface area (Å²) in [6.07, 6.45) is 4.20. The summed E-state index contributed by atoms with van der Waals surface area (Å²) in [7, 11) is 1.68. The highest BCUT2D eigenvalue weighted by Gasteiger charge is 2.19. The van der Waals surface area contributed by atoms with E-state index in [0.717, 1.165) is 39.3 Å². The van der Waals surface area contributed by atoms with Crippen LogP contribution in [0.3, 0.4) is 0 Å². The van der Waals surface area contributed by atoms with Crippen LogP contribution in [0.1, 0.15) is 23.6 Å². The molecule has 0 aliphatic carbocycles. The maximum atomic E-state index is 12.4. The van der Waals surface area contributed by atoms with E-state index in [1.54, 1.807) is 14.0 Å². The molecule has 1 heterocycles. The van der Waals surface area contributed by atoms with Crippen LogP contribution in [-0.2, 0) is 11.3 Å². The van der Waals surface area contributed by atoms with Gasteiger partial charge >= 0.3 is 0 Å². The standard InChI is InChI=1S/C24H21NO2/c1-17(26)25-16-21-15-20(22-8-4-6-10-24(22)27-2)14-12-18(21)11-13-19-7-3-5-9-23(19)25/h3-15H,16H2,1-2H3/b13-11-. The lowest BCUT2D eigenvalue weighted by Crippen LogP contribution is -2.29. The van der Waals surface area contributed by atoms with Gasteiger partial charge in [0.25, 0.3) is 0 Å². The molecule has 0 unspecified atom stereocenters. The molecule has 0 spiro atoms. The van der Waals surface area contributed by atoms with Crippen molar-refractivity contribution in [2.24, 2.45) is 0 Å². The predicted octanol–water partition coefficient (Wildman–Crippen LogP) is 5.40. The zero-order chi connectivity index (χ0) is 18.8. The number of methoxy groups -OCH3 is 1. The van der Waals surface area contributed by atoms with E-state index in [9.17, 15) is 4.79 Å². The summed E-state index contributed by atoms with van der Waals surface area (Å²) in [6, 6.07) is 22.4. The van der Waals surface area contributed by atoms with E-state index in [1.807, 2.05) is 47.4 Å². The summed E-state index contributed by atoms with van der Waals surface area (Å²) < 4.78 is 5.52. The van der Waals surface area contributed by atoms with Crippen LogP contribution in [-0.4, -0.2) is 13.0 Å². The SMILES string of the molecule is COc1ccccc1-c1ccc2c(c1)CN(C(C)=O)c1ccccc1/C=C\2. The van der Waals surface area contributed by atoms with Gasteiger partial charge in [-0.15, -0.1) is 0 Å². The van der Waals surface area contributed by atoms with Crippen molar-refractivity contribution in [3.63, 3.8) is 0 Å². The van der Waals surface area contributed by atoms with Gasteiger partial charge in [0.05, 0.1) is 19.3 Å². The minimum atomic E-state index is 0.0337. The molecule has 3 aromatic carbocycles. The summed E-state index contributed by atoms with van der Waals surface area (Å²) in [5.41, 5.74) is 6.34. The Morgan fingerprint density at radius 3 is 2.48 bits per heavy atom. The van der Waals surface area contributed by atoms with E-state index in [0.29, 0.717) is 6.54 Å². The van der Waals surface area contributed by atoms with Crippen LogP contribution in [0.2, 0.25) is 0 Å². The minimum Gasteiger partial charge on any atom is -0.496 e. The first-order valence-corrected chi connectivity index (χ1v) is 8.99. The Kier molecular flexibility index (Phi) is 4.51. The number of anilines is 1. The van der Waals surface area contributed by atoms with Gasteiger partial charge in [0.1, 0.15) is 5.75 Å². The van der Waals surface area contributed by atoms with Gasteiger partial charge in [0.2, 0.25) is 5.91 Å². The molecule has 0 fully saturated rings. The number of hydrogen-bond acceptors (Lipinski definition) is 2. The first-order valence-electron chi connectivity index (χ1n) is 8.99. The van der Waals surface area contributed by atoms with Crippen LogP contribution in [0, 0.1) is 0 Å². The number of carbonyl (C=O) groups is 1. The van der Waals surface area contributed by atoms with Crippen LogP contribution < -0.4 is 9.64 Å². The van der Waals surface area contributed by atoms with Gasteiger partial charge in [0.15, 0.2) is 0 Å². The van der Waals surface area contributed by atoms with Crippen molar-refractivity contribution >= 4 is 23.7 Å². The number of ether oxygens (including phenoxy) is 1. The molecule has 0 aromatic heterocycles. The molecule has 0 bridgehead atoms. The summed E-state index contributed by atoms with van der Waals surface area (Å²) in [5.74, 6) is 0.874. The molecule has 0 N–H and O–H groups in total. The Bertz CT molecular complexity index is 1040. The minimum absolute atomic E-state index is 0.0337. The van der Waals surface area contributed by atoms with E-state index in [-0.39, 0.29) is 5.91 Å². The monoisotopic (exact) mass is 355 g/mol. The number of carbonyl (C=O) groups excluding carboxylic acids is 1. The highest BCUT2D eigenvalue weighted by atomic mass is 16.5. The molecule has 3 aromatic rings. The average molecular weight is 355 g/mol. The van der Waals surface area contributed by atoms with Gasteiger partial charge in [-0.1, -0.05) is 60.7 Å². The highest BCUT2D eigenvalue weighted by Crippen LogP contribution is 2.34. The molecule has 1 amide bonds. The van der Waals surface area contributed by atoms with Crippen LogP contribution >= 0.6 is 0 Å². The van der Waals surface area contributed by atoms with Gasteiger partial charge in [-0.3, -0.25) is 4.79 Å². The molecule has 27 heavy (non-hydrogen) atoms. The number of benzene rings is 3. The molecule has 134 valence electrons. The molecule has 3 heteroatoms. The van der Waals surface area contributed by atoms with Crippen LogP contribution in [0.15, 0.2) is 66.7 Å². The van der Waals surface area contributed by atoms with Crippen molar-refractivity contribution in [3.05, 3.63) is 83.4 Å². The molecule has 0 radical (unpaired) electrons. The first-order chi connectivity index (χ1) is 13.2. The Morgan fingerprint density at radius 2 is 1.67 bits per heavy atom. The zero-order valence-electron chi connectivity index (χ0n) is 15.5. The maximum Gasteiger partial charge on any atom is 0.224 e. The molecule has 1 aliphatic heterocycles. The molecule has 0 saturated heterocycles. The van der Waals surface area contributed by atoms with Crippen LogP contribution in [0.25, 0.3) is 23.3 Å². The lowest BCUT2D eigenvalue weighted by molar-refractivity contribution is -0.116. The number of para-hydroxylation sites is 2. The van der Waals surface area contributed by atoms with Gasteiger partial charge in [0, 0.05) is 12.5 Å². The second-order valence-electron chi connectivity index (χ2n) is 6.61. The van der Waals surface area contributed by atoms with E-state index in [1.165, 1.54) is 0 Å².